The van der Waals surface area contributed by atoms with Gasteiger partial charge in [0, 0.05) is 35.9 Å². The second kappa shape index (κ2) is 9.35. The summed E-state index contributed by atoms with van der Waals surface area (Å²) in [6.45, 7) is 7.34. The van der Waals surface area contributed by atoms with Crippen LogP contribution >= 0.6 is 0 Å². The first-order valence-corrected chi connectivity index (χ1v) is 10.7. The van der Waals surface area contributed by atoms with Crippen molar-refractivity contribution < 1.29 is 14.3 Å². The molecule has 2 aromatic heterocycles. The third kappa shape index (κ3) is 4.72. The smallest absolute Gasteiger partial charge is 0.255 e. The molecule has 1 unspecified atom stereocenters. The van der Waals surface area contributed by atoms with Crippen LogP contribution in [-0.4, -0.2) is 62.3 Å². The lowest BCUT2D eigenvalue weighted by Gasteiger charge is -2.32. The zero-order valence-electron chi connectivity index (χ0n) is 18.6. The number of H-pyrrole nitrogens is 1. The highest BCUT2D eigenvalue weighted by atomic mass is 16.5. The Hall–Kier alpha value is -3.46. The van der Waals surface area contributed by atoms with E-state index < -0.39 is 6.10 Å². The Morgan fingerprint density at radius 2 is 2.06 bits per heavy atom. The third-order valence-electron chi connectivity index (χ3n) is 5.86. The second-order valence-electron chi connectivity index (χ2n) is 8.04. The lowest BCUT2D eigenvalue weighted by atomic mass is 10.1. The van der Waals surface area contributed by atoms with Crippen molar-refractivity contribution in [3.63, 3.8) is 0 Å². The fourth-order valence-electron chi connectivity index (χ4n) is 3.88. The molecule has 3 aromatic rings. The molecule has 1 aliphatic heterocycles. The number of aromatic nitrogens is 4. The number of rotatable bonds is 6. The van der Waals surface area contributed by atoms with Crippen molar-refractivity contribution in [3.8, 4) is 0 Å². The summed E-state index contributed by atoms with van der Waals surface area (Å²) in [7, 11) is 0. The molecule has 9 nitrogen and oxygen atoms in total. The average Bonchev–Trinajstić information content (AvgIpc) is 3.34. The second-order valence-corrected chi connectivity index (χ2v) is 8.04. The molecule has 9 heteroatoms. The number of hydrogen-bond acceptors (Lipinski definition) is 5. The van der Waals surface area contributed by atoms with E-state index in [-0.39, 0.29) is 24.8 Å². The Morgan fingerprint density at radius 3 is 2.78 bits per heavy atom. The number of morpholine rings is 1. The van der Waals surface area contributed by atoms with E-state index in [1.165, 1.54) is 0 Å². The van der Waals surface area contributed by atoms with Crippen molar-refractivity contribution in [2.75, 3.05) is 25.0 Å². The van der Waals surface area contributed by atoms with Crippen molar-refractivity contribution in [1.29, 1.82) is 0 Å². The van der Waals surface area contributed by atoms with Gasteiger partial charge < -0.3 is 19.5 Å². The van der Waals surface area contributed by atoms with Gasteiger partial charge in [0.2, 0.25) is 5.91 Å². The Kier molecular flexibility index (Phi) is 6.36. The molecule has 1 fully saturated rings. The summed E-state index contributed by atoms with van der Waals surface area (Å²) < 4.78 is 7.72. The molecule has 0 bridgehead atoms. The van der Waals surface area contributed by atoms with Crippen LogP contribution in [0.5, 0.6) is 0 Å². The molecule has 0 spiro atoms. The molecule has 4 rings (SSSR count). The van der Waals surface area contributed by atoms with Gasteiger partial charge in [-0.15, -0.1) is 0 Å². The Labute approximate surface area is 186 Å². The molecule has 1 atom stereocenters. The molecule has 168 valence electrons. The number of hydrogen-bond donors (Lipinski definition) is 2. The maximum Gasteiger partial charge on any atom is 0.255 e. The van der Waals surface area contributed by atoms with Gasteiger partial charge in [-0.25, -0.2) is 4.98 Å². The van der Waals surface area contributed by atoms with Crippen LogP contribution in [0, 0.1) is 20.8 Å². The highest BCUT2D eigenvalue weighted by molar-refractivity contribution is 5.95. The van der Waals surface area contributed by atoms with Crippen molar-refractivity contribution in [1.82, 2.24) is 24.6 Å². The van der Waals surface area contributed by atoms with Gasteiger partial charge in [-0.3, -0.25) is 14.7 Å². The molecular weight excluding hydrogens is 408 g/mol. The van der Waals surface area contributed by atoms with Gasteiger partial charge in [0.05, 0.1) is 31.8 Å². The first-order chi connectivity index (χ1) is 15.4. The number of ether oxygens (including phenoxy) is 1. The van der Waals surface area contributed by atoms with E-state index in [1.54, 1.807) is 11.1 Å². The number of imidazole rings is 1. The normalized spacial score (nSPS) is 16.2. The van der Waals surface area contributed by atoms with Gasteiger partial charge in [0.15, 0.2) is 6.10 Å². The first kappa shape index (κ1) is 21.8. The number of benzene rings is 1. The van der Waals surface area contributed by atoms with Gasteiger partial charge in [0.25, 0.3) is 5.91 Å². The Balaban J connectivity index is 1.41. The minimum absolute atomic E-state index is 0.0327. The Bertz CT molecular complexity index is 1100. The third-order valence-corrected chi connectivity index (χ3v) is 5.86. The van der Waals surface area contributed by atoms with E-state index in [0.29, 0.717) is 19.7 Å². The molecule has 0 saturated carbocycles. The fraction of sp³-hybridized carbons (Fsp3) is 0.391. The maximum atomic E-state index is 13.0. The van der Waals surface area contributed by atoms with Crippen LogP contribution in [0.15, 0.2) is 36.7 Å². The highest BCUT2D eigenvalue weighted by Crippen LogP contribution is 2.19. The molecular formula is C23H28N6O3. The quantitative estimate of drug-likeness (QED) is 0.615. The van der Waals surface area contributed by atoms with Crippen LogP contribution in [0.2, 0.25) is 0 Å². The number of aromatic amines is 1. The van der Waals surface area contributed by atoms with Crippen LogP contribution in [0.1, 0.15) is 28.3 Å². The predicted molar refractivity (Wildman–Crippen MR) is 119 cm³/mol. The summed E-state index contributed by atoms with van der Waals surface area (Å²) in [4.78, 5) is 31.8. The van der Waals surface area contributed by atoms with E-state index in [2.05, 4.69) is 20.5 Å². The zero-order chi connectivity index (χ0) is 22.7. The topological polar surface area (TPSA) is 105 Å². The maximum absolute atomic E-state index is 13.0. The van der Waals surface area contributed by atoms with Gasteiger partial charge >= 0.3 is 0 Å². The number of nitrogens with zero attached hydrogens (tertiary/aromatic N) is 4. The van der Waals surface area contributed by atoms with Crippen LogP contribution in [0.3, 0.4) is 0 Å². The molecule has 32 heavy (non-hydrogen) atoms. The number of nitrogens with one attached hydrogen (secondary N) is 2. The zero-order valence-corrected chi connectivity index (χ0v) is 18.6. The molecule has 1 saturated heterocycles. The lowest BCUT2D eigenvalue weighted by molar-refractivity contribution is -0.144. The number of carbonyl (C=O) groups excluding carboxylic acids is 2. The van der Waals surface area contributed by atoms with Crippen LogP contribution in [0.25, 0.3) is 0 Å². The van der Waals surface area contributed by atoms with Gasteiger partial charge in [-0.1, -0.05) is 18.2 Å². The monoisotopic (exact) mass is 436 g/mol. The molecule has 3 heterocycles. The number of para-hydroxylation sites is 1. The average molecular weight is 437 g/mol. The molecule has 1 aliphatic rings. The van der Waals surface area contributed by atoms with Gasteiger partial charge in [0.1, 0.15) is 5.82 Å². The van der Waals surface area contributed by atoms with E-state index >= 15 is 0 Å². The molecule has 1 aromatic carbocycles. The van der Waals surface area contributed by atoms with E-state index in [4.69, 9.17) is 4.74 Å². The summed E-state index contributed by atoms with van der Waals surface area (Å²) in [5.41, 5.74) is 4.32. The predicted octanol–water partition coefficient (Wildman–Crippen LogP) is 1.99. The summed E-state index contributed by atoms with van der Waals surface area (Å²) in [5, 5.41) is 10.0. The Morgan fingerprint density at radius 1 is 1.25 bits per heavy atom. The number of anilines is 1. The van der Waals surface area contributed by atoms with Crippen molar-refractivity contribution in [2.45, 2.75) is 39.8 Å². The SMILES string of the molecule is Cc1n[nH]c(C)c1CC(=O)N1CCOC(C(=O)Nc2ccccc2Cn2ccnc2C)C1. The van der Waals surface area contributed by atoms with E-state index in [1.807, 2.05) is 55.8 Å². The lowest BCUT2D eigenvalue weighted by Crippen LogP contribution is -2.50. The standard InChI is InChI=1S/C23H28N6O3/c1-15-19(16(2)27-26-15)12-22(30)29-10-11-32-21(14-29)23(31)25-20-7-5-4-6-18(20)13-28-9-8-24-17(28)3/h4-9,21H,10-14H2,1-3H3,(H,25,31)(H,26,27). The molecule has 0 aliphatic carbocycles. The minimum Gasteiger partial charge on any atom is -0.365 e. The van der Waals surface area contributed by atoms with Crippen LogP contribution < -0.4 is 5.32 Å². The van der Waals surface area contributed by atoms with Gasteiger partial charge in [-0.2, -0.15) is 5.10 Å². The van der Waals surface area contributed by atoms with Crippen molar-refractivity contribution in [3.05, 3.63) is 65.0 Å². The largest absolute Gasteiger partial charge is 0.365 e. The van der Waals surface area contributed by atoms with Crippen molar-refractivity contribution >= 4 is 17.5 Å². The van der Waals surface area contributed by atoms with E-state index in [0.717, 1.165) is 34.0 Å². The van der Waals surface area contributed by atoms with Crippen molar-refractivity contribution in [2.24, 2.45) is 0 Å². The minimum atomic E-state index is -0.720. The number of amides is 2. The summed E-state index contributed by atoms with van der Waals surface area (Å²) in [6.07, 6.45) is 3.20. The molecule has 2 amide bonds. The highest BCUT2D eigenvalue weighted by Gasteiger charge is 2.30. The summed E-state index contributed by atoms with van der Waals surface area (Å²) in [5.74, 6) is 0.613. The van der Waals surface area contributed by atoms with Gasteiger partial charge in [-0.05, 0) is 32.4 Å². The van der Waals surface area contributed by atoms with Crippen LogP contribution in [0.4, 0.5) is 5.69 Å². The first-order valence-electron chi connectivity index (χ1n) is 10.7. The van der Waals surface area contributed by atoms with Crippen LogP contribution in [-0.2, 0) is 27.3 Å². The molecule has 0 radical (unpaired) electrons. The summed E-state index contributed by atoms with van der Waals surface area (Å²) in [6, 6.07) is 7.67. The van der Waals surface area contributed by atoms with E-state index in [9.17, 15) is 9.59 Å². The number of carbonyl (C=O) groups is 2. The molecule has 2 N–H and O–H groups in total. The summed E-state index contributed by atoms with van der Waals surface area (Å²) >= 11 is 0. The number of aryl methyl sites for hydroxylation is 3. The fourth-order valence-corrected chi connectivity index (χ4v) is 3.88.